The predicted octanol–water partition coefficient (Wildman–Crippen LogP) is 2.41. The molecule has 2 nitrogen and oxygen atoms in total. The molecule has 0 saturated carbocycles. The number of hydrogen-bond acceptors (Lipinski definition) is 1. The summed E-state index contributed by atoms with van der Waals surface area (Å²) in [7, 11) is 0. The van der Waals surface area contributed by atoms with E-state index in [0.717, 1.165) is 0 Å². The third-order valence-electron chi connectivity index (χ3n) is 1.79. The van der Waals surface area contributed by atoms with Crippen molar-refractivity contribution in [3.05, 3.63) is 34.1 Å². The van der Waals surface area contributed by atoms with Gasteiger partial charge in [-0.2, -0.15) is 0 Å². The summed E-state index contributed by atoms with van der Waals surface area (Å²) in [6.07, 6.45) is -0.181. The van der Waals surface area contributed by atoms with E-state index in [9.17, 15) is 9.18 Å². The van der Waals surface area contributed by atoms with Crippen LogP contribution in [0.3, 0.4) is 0 Å². The molecule has 0 bridgehead atoms. The lowest BCUT2D eigenvalue weighted by Crippen LogP contribution is -2.03. The number of halogens is 2. The van der Waals surface area contributed by atoms with Gasteiger partial charge in [0.05, 0.1) is 11.4 Å². The summed E-state index contributed by atoms with van der Waals surface area (Å²) in [4.78, 5) is 10.4. The Morgan fingerprint density at radius 3 is 2.77 bits per heavy atom. The fourth-order valence-corrected chi connectivity index (χ4v) is 1.25. The van der Waals surface area contributed by atoms with Gasteiger partial charge in [-0.3, -0.25) is 4.79 Å². The van der Waals surface area contributed by atoms with E-state index in [2.05, 4.69) is 0 Å². The summed E-state index contributed by atoms with van der Waals surface area (Å²) in [5.74, 6) is -1.52. The Bertz CT molecular complexity index is 350. The molecule has 0 heterocycles. The maximum Gasteiger partial charge on any atom is 0.307 e. The quantitative estimate of drug-likeness (QED) is 0.800. The van der Waals surface area contributed by atoms with Crippen molar-refractivity contribution in [2.45, 2.75) is 13.3 Å². The molecule has 1 aromatic rings. The van der Waals surface area contributed by atoms with Gasteiger partial charge >= 0.3 is 5.97 Å². The zero-order valence-electron chi connectivity index (χ0n) is 6.97. The molecule has 0 aliphatic rings. The van der Waals surface area contributed by atoms with Crippen molar-refractivity contribution in [1.29, 1.82) is 0 Å². The third kappa shape index (κ3) is 2.18. The molecule has 0 saturated heterocycles. The van der Waals surface area contributed by atoms with Gasteiger partial charge in [0.1, 0.15) is 5.82 Å². The van der Waals surface area contributed by atoms with Crippen LogP contribution in [0.1, 0.15) is 11.1 Å². The fraction of sp³-hybridized carbons (Fsp3) is 0.222. The van der Waals surface area contributed by atoms with Crippen molar-refractivity contribution in [3.8, 4) is 0 Å². The molecule has 0 radical (unpaired) electrons. The minimum atomic E-state index is -0.982. The van der Waals surface area contributed by atoms with E-state index >= 15 is 0 Å². The number of carboxylic acids is 1. The van der Waals surface area contributed by atoms with Crippen molar-refractivity contribution in [2.75, 3.05) is 0 Å². The lowest BCUT2D eigenvalue weighted by Gasteiger charge is -2.04. The lowest BCUT2D eigenvalue weighted by atomic mass is 10.1. The number of carboxylic acid groups (broad SMARTS) is 1. The number of hydrogen-bond donors (Lipinski definition) is 1. The maximum atomic E-state index is 13.1. The second-order valence-electron chi connectivity index (χ2n) is 2.72. The molecule has 0 unspecified atom stereocenters. The monoisotopic (exact) mass is 202 g/mol. The molecule has 0 aromatic heterocycles. The van der Waals surface area contributed by atoms with Crippen LogP contribution >= 0.6 is 11.6 Å². The van der Waals surface area contributed by atoms with E-state index in [1.54, 1.807) is 0 Å². The van der Waals surface area contributed by atoms with Gasteiger partial charge in [-0.15, -0.1) is 0 Å². The molecular weight excluding hydrogens is 195 g/mol. The summed E-state index contributed by atoms with van der Waals surface area (Å²) in [5, 5.41) is 8.52. The molecule has 4 heteroatoms. The molecule has 1 N–H and O–H groups in total. The standard InChI is InChI=1S/C9H8ClFO2/c1-5-6(4-8(12)13)2-3-7(10)9(5)11/h2-3H,4H2,1H3,(H,12,13). The molecule has 0 atom stereocenters. The van der Waals surface area contributed by atoms with Gasteiger partial charge in [0, 0.05) is 0 Å². The van der Waals surface area contributed by atoms with Crippen LogP contribution in [0, 0.1) is 12.7 Å². The van der Waals surface area contributed by atoms with Crippen LogP contribution in [0.15, 0.2) is 12.1 Å². The van der Waals surface area contributed by atoms with Crippen LogP contribution < -0.4 is 0 Å². The second kappa shape index (κ2) is 3.75. The van der Waals surface area contributed by atoms with Gasteiger partial charge in [0.2, 0.25) is 0 Å². The summed E-state index contributed by atoms with van der Waals surface area (Å²) in [6, 6.07) is 2.89. The Labute approximate surface area is 80.0 Å². The zero-order valence-corrected chi connectivity index (χ0v) is 7.73. The van der Waals surface area contributed by atoms with E-state index in [0.29, 0.717) is 11.1 Å². The first-order valence-electron chi connectivity index (χ1n) is 3.67. The third-order valence-corrected chi connectivity index (χ3v) is 2.09. The fourth-order valence-electron chi connectivity index (χ4n) is 1.05. The molecule has 0 aliphatic heterocycles. The summed E-state index contributed by atoms with van der Waals surface area (Å²) >= 11 is 5.50. The average molecular weight is 203 g/mol. The van der Waals surface area contributed by atoms with E-state index in [-0.39, 0.29) is 11.4 Å². The number of aliphatic carboxylic acids is 1. The van der Waals surface area contributed by atoms with Crippen LogP contribution in [-0.2, 0) is 11.2 Å². The first-order chi connectivity index (χ1) is 6.02. The lowest BCUT2D eigenvalue weighted by molar-refractivity contribution is -0.136. The largest absolute Gasteiger partial charge is 0.481 e. The SMILES string of the molecule is Cc1c(CC(=O)O)ccc(Cl)c1F. The van der Waals surface area contributed by atoms with Crippen LogP contribution in [0.4, 0.5) is 4.39 Å². The highest BCUT2D eigenvalue weighted by Gasteiger charge is 2.10. The van der Waals surface area contributed by atoms with Crippen LogP contribution in [0.5, 0.6) is 0 Å². The van der Waals surface area contributed by atoms with Gasteiger partial charge in [-0.05, 0) is 24.1 Å². The predicted molar refractivity (Wildman–Crippen MR) is 47.5 cm³/mol. The Balaban J connectivity index is 3.10. The molecule has 0 amide bonds. The van der Waals surface area contributed by atoms with E-state index < -0.39 is 11.8 Å². The Morgan fingerprint density at radius 2 is 2.23 bits per heavy atom. The summed E-state index contributed by atoms with van der Waals surface area (Å²) < 4.78 is 13.1. The van der Waals surface area contributed by atoms with E-state index in [1.165, 1.54) is 19.1 Å². The highest BCUT2D eigenvalue weighted by Crippen LogP contribution is 2.21. The molecule has 1 aromatic carbocycles. The Hall–Kier alpha value is -1.09. The summed E-state index contributed by atoms with van der Waals surface area (Å²) in [6.45, 7) is 1.51. The van der Waals surface area contributed by atoms with Crippen LogP contribution in [0.25, 0.3) is 0 Å². The highest BCUT2D eigenvalue weighted by atomic mass is 35.5. The molecular formula is C9H8ClFO2. The normalized spacial score (nSPS) is 10.1. The molecule has 70 valence electrons. The second-order valence-corrected chi connectivity index (χ2v) is 3.12. The number of benzene rings is 1. The van der Waals surface area contributed by atoms with Gasteiger partial charge < -0.3 is 5.11 Å². The zero-order chi connectivity index (χ0) is 10.0. The molecule has 0 aliphatic carbocycles. The molecule has 0 fully saturated rings. The maximum absolute atomic E-state index is 13.1. The smallest absolute Gasteiger partial charge is 0.307 e. The van der Waals surface area contributed by atoms with Crippen molar-refractivity contribution in [1.82, 2.24) is 0 Å². The molecule has 13 heavy (non-hydrogen) atoms. The van der Waals surface area contributed by atoms with Crippen molar-refractivity contribution in [2.24, 2.45) is 0 Å². The van der Waals surface area contributed by atoms with Crippen LogP contribution in [-0.4, -0.2) is 11.1 Å². The Morgan fingerprint density at radius 1 is 1.62 bits per heavy atom. The van der Waals surface area contributed by atoms with Gasteiger partial charge in [0.25, 0.3) is 0 Å². The average Bonchev–Trinajstić information content (AvgIpc) is 2.06. The molecule has 0 spiro atoms. The van der Waals surface area contributed by atoms with Crippen molar-refractivity contribution < 1.29 is 14.3 Å². The van der Waals surface area contributed by atoms with E-state index in [1.807, 2.05) is 0 Å². The first-order valence-corrected chi connectivity index (χ1v) is 4.05. The number of carbonyl (C=O) groups is 1. The van der Waals surface area contributed by atoms with E-state index in [4.69, 9.17) is 16.7 Å². The van der Waals surface area contributed by atoms with Crippen molar-refractivity contribution in [3.63, 3.8) is 0 Å². The van der Waals surface area contributed by atoms with Gasteiger partial charge in [0.15, 0.2) is 0 Å². The van der Waals surface area contributed by atoms with Crippen LogP contribution in [0.2, 0.25) is 5.02 Å². The van der Waals surface area contributed by atoms with Gasteiger partial charge in [-0.25, -0.2) is 4.39 Å². The summed E-state index contributed by atoms with van der Waals surface area (Å²) in [5.41, 5.74) is 0.754. The minimum Gasteiger partial charge on any atom is -0.481 e. The van der Waals surface area contributed by atoms with Crippen molar-refractivity contribution >= 4 is 17.6 Å². The molecule has 1 rings (SSSR count). The number of rotatable bonds is 2. The topological polar surface area (TPSA) is 37.3 Å². The first kappa shape index (κ1) is 9.99. The van der Waals surface area contributed by atoms with Gasteiger partial charge in [-0.1, -0.05) is 17.7 Å². The highest BCUT2D eigenvalue weighted by molar-refractivity contribution is 6.30. The minimum absolute atomic E-state index is 0.0200. The Kier molecular flexibility index (Phi) is 2.88.